The Morgan fingerprint density at radius 1 is 0.409 bits per heavy atom. The first-order valence-electron chi connectivity index (χ1n) is 14.5. The van der Waals surface area contributed by atoms with Crippen molar-refractivity contribution in [3.8, 4) is 45.3 Å². The summed E-state index contributed by atoms with van der Waals surface area (Å²) in [5, 5.41) is 4.40. The third kappa shape index (κ3) is 3.94. The molecule has 5 heteroatoms. The number of thiophene rings is 1. The van der Waals surface area contributed by atoms with E-state index in [2.05, 4.69) is 97.1 Å². The van der Waals surface area contributed by atoms with Crippen LogP contribution in [0.2, 0.25) is 0 Å². The summed E-state index contributed by atoms with van der Waals surface area (Å²) < 4.78 is 8.81. The predicted octanol–water partition coefficient (Wildman–Crippen LogP) is 10.8. The summed E-state index contributed by atoms with van der Waals surface area (Å²) in [6.45, 7) is 0. The number of rotatable bonds is 4. The van der Waals surface area contributed by atoms with Crippen LogP contribution in [0.5, 0.6) is 0 Å². The van der Waals surface area contributed by atoms with Gasteiger partial charge in [0.2, 0.25) is 0 Å². The summed E-state index contributed by atoms with van der Waals surface area (Å²) in [6.07, 6.45) is 0. The van der Waals surface area contributed by atoms with Crippen LogP contribution in [0.1, 0.15) is 0 Å². The molecule has 0 aliphatic rings. The minimum atomic E-state index is 0.612. The molecule has 0 radical (unpaired) electrons. The van der Waals surface area contributed by atoms with Gasteiger partial charge in [-0.15, -0.1) is 11.3 Å². The number of benzene rings is 6. The topological polar surface area (TPSA) is 51.8 Å². The van der Waals surface area contributed by atoms with E-state index in [9.17, 15) is 0 Å². The molecule has 6 aromatic carbocycles. The van der Waals surface area contributed by atoms with Gasteiger partial charge in [0.25, 0.3) is 0 Å². The minimum Gasteiger partial charge on any atom is -0.456 e. The molecule has 0 atom stereocenters. The van der Waals surface area contributed by atoms with E-state index in [1.165, 1.54) is 20.2 Å². The molecular weight excluding hydrogens is 559 g/mol. The average Bonchev–Trinajstić information content (AvgIpc) is 3.67. The zero-order valence-electron chi connectivity index (χ0n) is 23.4. The Hall–Kier alpha value is -5.65. The van der Waals surface area contributed by atoms with Gasteiger partial charge in [-0.05, 0) is 41.5 Å². The van der Waals surface area contributed by atoms with Crippen LogP contribution in [0.4, 0.5) is 0 Å². The average molecular weight is 582 g/mol. The maximum Gasteiger partial charge on any atom is 0.165 e. The second-order valence-electron chi connectivity index (χ2n) is 10.8. The van der Waals surface area contributed by atoms with Crippen LogP contribution in [0.3, 0.4) is 0 Å². The molecule has 0 aliphatic heterocycles. The molecule has 44 heavy (non-hydrogen) atoms. The zero-order valence-corrected chi connectivity index (χ0v) is 24.3. The quantitative estimate of drug-likeness (QED) is 0.207. The van der Waals surface area contributed by atoms with E-state index in [4.69, 9.17) is 19.4 Å². The molecular formula is C39H23N3OS. The number of aromatic nitrogens is 3. The number of furan rings is 1. The standard InChI is InChI=1S/C39H23N3OS/c1-3-12-24(13-4-1)26-22-23-31-35(27-16-7-9-19-30(27)43-31)36(26)39-41-37(25-14-5-2-6-15-25)40-38(42-39)29-18-11-21-33-34(29)28-17-8-10-20-32(28)44-33/h1-23H. The van der Waals surface area contributed by atoms with Crippen LogP contribution < -0.4 is 0 Å². The highest BCUT2D eigenvalue weighted by Crippen LogP contribution is 2.43. The number of hydrogen-bond donors (Lipinski definition) is 0. The molecule has 0 aliphatic carbocycles. The molecule has 4 nitrogen and oxygen atoms in total. The Kier molecular flexibility index (Phi) is 5.64. The van der Waals surface area contributed by atoms with Crippen LogP contribution in [0.25, 0.3) is 87.4 Å². The summed E-state index contributed by atoms with van der Waals surface area (Å²) in [6, 6.07) is 47.9. The molecule has 0 saturated carbocycles. The summed E-state index contributed by atoms with van der Waals surface area (Å²) >= 11 is 1.79. The van der Waals surface area contributed by atoms with Crippen LogP contribution in [-0.4, -0.2) is 15.0 Å². The predicted molar refractivity (Wildman–Crippen MR) is 182 cm³/mol. The maximum absolute atomic E-state index is 6.36. The van der Waals surface area contributed by atoms with Crippen molar-refractivity contribution < 1.29 is 4.42 Å². The van der Waals surface area contributed by atoms with Crippen LogP contribution >= 0.6 is 11.3 Å². The molecule has 0 amide bonds. The fourth-order valence-electron chi connectivity index (χ4n) is 6.19. The Morgan fingerprint density at radius 2 is 1.07 bits per heavy atom. The highest BCUT2D eigenvalue weighted by Gasteiger charge is 2.22. The molecule has 3 aromatic heterocycles. The lowest BCUT2D eigenvalue weighted by atomic mass is 9.94. The highest BCUT2D eigenvalue weighted by atomic mass is 32.1. The summed E-state index contributed by atoms with van der Waals surface area (Å²) in [5.74, 6) is 1.89. The van der Waals surface area contributed by atoms with E-state index >= 15 is 0 Å². The molecule has 9 rings (SSSR count). The fourth-order valence-corrected chi connectivity index (χ4v) is 7.32. The highest BCUT2D eigenvalue weighted by molar-refractivity contribution is 7.25. The van der Waals surface area contributed by atoms with Crippen LogP contribution in [-0.2, 0) is 0 Å². The van der Waals surface area contributed by atoms with Gasteiger partial charge in [0.05, 0.1) is 0 Å². The minimum absolute atomic E-state index is 0.612. The van der Waals surface area contributed by atoms with Gasteiger partial charge in [-0.25, -0.2) is 15.0 Å². The zero-order chi connectivity index (χ0) is 29.0. The SMILES string of the molecule is c1ccc(-c2nc(-c3c(-c4ccccc4)ccc4oc5ccccc5c34)nc(-c3cccc4sc5ccccc5c34)n2)cc1. The molecule has 0 N–H and O–H groups in total. The lowest BCUT2D eigenvalue weighted by Gasteiger charge is -2.14. The van der Waals surface area contributed by atoms with Gasteiger partial charge < -0.3 is 4.42 Å². The van der Waals surface area contributed by atoms with E-state index in [0.717, 1.165) is 49.8 Å². The fraction of sp³-hybridized carbons (Fsp3) is 0. The Balaban J connectivity index is 1.42. The Labute approximate surface area is 256 Å². The first kappa shape index (κ1) is 24.9. The lowest BCUT2D eigenvalue weighted by molar-refractivity contribution is 0.669. The first-order valence-corrected chi connectivity index (χ1v) is 15.4. The van der Waals surface area contributed by atoms with Gasteiger partial charge in [0.1, 0.15) is 11.2 Å². The van der Waals surface area contributed by atoms with Crippen LogP contribution in [0, 0.1) is 0 Å². The van der Waals surface area contributed by atoms with Gasteiger partial charge in [0.15, 0.2) is 17.5 Å². The first-order chi connectivity index (χ1) is 21.8. The van der Waals surface area contributed by atoms with E-state index in [1.807, 2.05) is 42.5 Å². The van der Waals surface area contributed by atoms with Crippen molar-refractivity contribution in [1.82, 2.24) is 15.0 Å². The molecule has 206 valence electrons. The van der Waals surface area contributed by atoms with Gasteiger partial charge in [-0.1, -0.05) is 109 Å². The molecule has 9 aromatic rings. The van der Waals surface area contributed by atoms with Crippen molar-refractivity contribution in [2.24, 2.45) is 0 Å². The van der Waals surface area contributed by atoms with Crippen molar-refractivity contribution >= 4 is 53.4 Å². The Bertz CT molecular complexity index is 2500. The third-order valence-corrected chi connectivity index (χ3v) is 9.30. The molecule has 0 saturated heterocycles. The third-order valence-electron chi connectivity index (χ3n) is 8.16. The molecule has 3 heterocycles. The van der Waals surface area contributed by atoms with E-state index in [0.29, 0.717) is 17.5 Å². The number of nitrogens with zero attached hydrogens (tertiary/aromatic N) is 3. The van der Waals surface area contributed by atoms with Crippen LogP contribution in [0.15, 0.2) is 144 Å². The van der Waals surface area contributed by atoms with Gasteiger partial charge >= 0.3 is 0 Å². The Morgan fingerprint density at radius 3 is 1.91 bits per heavy atom. The van der Waals surface area contributed by atoms with Gasteiger partial charge in [-0.3, -0.25) is 0 Å². The summed E-state index contributed by atoms with van der Waals surface area (Å²) in [5.41, 5.74) is 6.62. The number of para-hydroxylation sites is 1. The molecule has 0 bridgehead atoms. The van der Waals surface area contributed by atoms with Crippen molar-refractivity contribution in [3.05, 3.63) is 140 Å². The summed E-state index contributed by atoms with van der Waals surface area (Å²) in [4.78, 5) is 15.6. The second kappa shape index (κ2) is 9.97. The largest absolute Gasteiger partial charge is 0.456 e. The summed E-state index contributed by atoms with van der Waals surface area (Å²) in [7, 11) is 0. The van der Waals surface area contributed by atoms with Crippen molar-refractivity contribution in [3.63, 3.8) is 0 Å². The molecule has 0 fully saturated rings. The molecule has 0 unspecified atom stereocenters. The monoisotopic (exact) mass is 581 g/mol. The number of fused-ring (bicyclic) bond motifs is 6. The van der Waals surface area contributed by atoms with E-state index < -0.39 is 0 Å². The molecule has 0 spiro atoms. The normalized spacial score (nSPS) is 11.6. The van der Waals surface area contributed by atoms with Crippen molar-refractivity contribution in [2.75, 3.05) is 0 Å². The van der Waals surface area contributed by atoms with Crippen molar-refractivity contribution in [1.29, 1.82) is 0 Å². The maximum atomic E-state index is 6.36. The van der Waals surface area contributed by atoms with Crippen molar-refractivity contribution in [2.45, 2.75) is 0 Å². The van der Waals surface area contributed by atoms with E-state index in [-0.39, 0.29) is 0 Å². The lowest BCUT2D eigenvalue weighted by Crippen LogP contribution is -2.01. The second-order valence-corrected chi connectivity index (χ2v) is 11.9. The van der Waals surface area contributed by atoms with E-state index in [1.54, 1.807) is 11.3 Å². The number of hydrogen-bond acceptors (Lipinski definition) is 5. The van der Waals surface area contributed by atoms with Gasteiger partial charge in [0, 0.05) is 47.6 Å². The van der Waals surface area contributed by atoms with Gasteiger partial charge in [-0.2, -0.15) is 0 Å². The smallest absolute Gasteiger partial charge is 0.165 e.